The Morgan fingerprint density at radius 3 is 1.90 bits per heavy atom. The molecule has 0 spiro atoms. The van der Waals surface area contributed by atoms with E-state index in [-0.39, 0.29) is 0 Å². The maximum absolute atomic E-state index is 4.86. The van der Waals surface area contributed by atoms with E-state index in [1.165, 1.54) is 69.5 Å². The number of nitrogens with zero attached hydrogens (tertiary/aromatic N) is 3. The fourth-order valence-corrected chi connectivity index (χ4v) is 7.70. The number of benzene rings is 5. The van der Waals surface area contributed by atoms with E-state index in [4.69, 9.17) is 4.98 Å². The zero-order valence-corrected chi connectivity index (χ0v) is 21.7. The van der Waals surface area contributed by atoms with Crippen LogP contribution < -0.4 is 0 Å². The summed E-state index contributed by atoms with van der Waals surface area (Å²) in [5.74, 6) is 0.931. The molecule has 9 rings (SSSR count). The van der Waals surface area contributed by atoms with Gasteiger partial charge in [-0.15, -0.1) is 11.3 Å². The average molecular weight is 516 g/mol. The quantitative estimate of drug-likeness (QED) is 0.225. The van der Waals surface area contributed by atoms with Gasteiger partial charge in [0, 0.05) is 48.9 Å². The van der Waals surface area contributed by atoms with Crippen molar-refractivity contribution in [3.63, 3.8) is 0 Å². The first-order chi connectivity index (χ1) is 19.4. The molecule has 0 saturated heterocycles. The molecule has 0 radical (unpaired) electrons. The third-order valence-electron chi connectivity index (χ3n) is 7.94. The number of fused-ring (bicyclic) bond motifs is 12. The molecule has 0 bridgehead atoms. The number of thiophene rings is 1. The second-order valence-corrected chi connectivity index (χ2v) is 11.0. The van der Waals surface area contributed by atoms with Gasteiger partial charge >= 0.3 is 0 Å². The second kappa shape index (κ2) is 7.79. The zero-order valence-electron chi connectivity index (χ0n) is 20.9. The molecule has 0 saturated carbocycles. The number of hydrogen-bond donors (Lipinski definition) is 0. The maximum Gasteiger partial charge on any atom is 0.137 e. The molecule has 9 aromatic rings. The molecule has 0 fully saturated rings. The molecular formula is C35H21N3S. The highest BCUT2D eigenvalue weighted by atomic mass is 32.1. The molecule has 0 amide bonds. The Bertz CT molecular complexity index is 2370. The van der Waals surface area contributed by atoms with Gasteiger partial charge in [-0.1, -0.05) is 78.9 Å². The maximum atomic E-state index is 4.86. The predicted molar refractivity (Wildman–Crippen MR) is 166 cm³/mol. The van der Waals surface area contributed by atoms with E-state index >= 15 is 0 Å². The van der Waals surface area contributed by atoms with Crippen molar-refractivity contribution in [2.24, 2.45) is 0 Å². The van der Waals surface area contributed by atoms with Crippen LogP contribution in [0.3, 0.4) is 0 Å². The van der Waals surface area contributed by atoms with Crippen molar-refractivity contribution >= 4 is 75.1 Å². The Morgan fingerprint density at radius 2 is 1.13 bits per heavy atom. The topological polar surface area (TPSA) is 22.8 Å². The van der Waals surface area contributed by atoms with E-state index in [9.17, 15) is 0 Å². The molecular weight excluding hydrogens is 494 g/mol. The normalized spacial score (nSPS) is 12.1. The number of hydrogen-bond acceptors (Lipinski definition) is 2. The highest BCUT2D eigenvalue weighted by molar-refractivity contribution is 7.27. The number of rotatable bonds is 2. The van der Waals surface area contributed by atoms with Crippen molar-refractivity contribution in [1.82, 2.24) is 14.1 Å². The van der Waals surface area contributed by atoms with Crippen molar-refractivity contribution in [3.8, 4) is 11.5 Å². The van der Waals surface area contributed by atoms with E-state index in [1.807, 2.05) is 23.6 Å². The lowest BCUT2D eigenvalue weighted by Gasteiger charge is -2.11. The molecule has 3 nitrogen and oxygen atoms in total. The van der Waals surface area contributed by atoms with Gasteiger partial charge in [0.1, 0.15) is 5.82 Å². The van der Waals surface area contributed by atoms with Gasteiger partial charge in [0.15, 0.2) is 0 Å². The average Bonchev–Trinajstić information content (AvgIpc) is 3.66. The van der Waals surface area contributed by atoms with Crippen LogP contribution in [0.25, 0.3) is 75.3 Å². The molecule has 0 aliphatic carbocycles. The largest absolute Gasteiger partial charge is 0.308 e. The van der Waals surface area contributed by atoms with E-state index < -0.39 is 0 Å². The first-order valence-corrected chi connectivity index (χ1v) is 14.0. The fourth-order valence-electron chi connectivity index (χ4n) is 6.45. The smallest absolute Gasteiger partial charge is 0.137 e. The Hall–Kier alpha value is -4.93. The summed E-state index contributed by atoms with van der Waals surface area (Å²) in [6.45, 7) is 0. The molecule has 0 aliphatic rings. The minimum absolute atomic E-state index is 0.931. The van der Waals surface area contributed by atoms with Gasteiger partial charge < -0.3 is 4.57 Å². The third-order valence-corrected chi connectivity index (χ3v) is 9.12. The summed E-state index contributed by atoms with van der Waals surface area (Å²) in [5.41, 5.74) is 6.02. The Morgan fingerprint density at radius 1 is 0.487 bits per heavy atom. The molecule has 0 N–H and O–H groups in total. The van der Waals surface area contributed by atoms with Gasteiger partial charge in [-0.25, -0.2) is 4.98 Å². The Balaban J connectivity index is 1.70. The van der Waals surface area contributed by atoms with E-state index in [1.54, 1.807) is 0 Å². The SMILES string of the molecule is c1ccc(-n2c3ccccc3c3c2c2sc4ccccc4c2c2c4ccccc4n(-c4ccccn4)c23)cc1. The van der Waals surface area contributed by atoms with Crippen molar-refractivity contribution < 1.29 is 0 Å². The summed E-state index contributed by atoms with van der Waals surface area (Å²) >= 11 is 1.90. The molecule has 0 unspecified atom stereocenters. The van der Waals surface area contributed by atoms with Crippen LogP contribution in [-0.2, 0) is 0 Å². The summed E-state index contributed by atoms with van der Waals surface area (Å²) in [4.78, 5) is 4.86. The standard InChI is InChI=1S/C35H21N3S/c1-2-12-22(13-3-1)37-26-17-7-5-15-24(26)32-33-30(31-25-16-6-9-19-28(25)39-35(31)34(32)37)23-14-4-8-18-27(23)38(33)29-20-10-11-21-36-29/h1-21H. The monoisotopic (exact) mass is 515 g/mol. The van der Waals surface area contributed by atoms with Crippen LogP contribution in [-0.4, -0.2) is 14.1 Å². The highest BCUT2D eigenvalue weighted by Gasteiger charge is 2.26. The van der Waals surface area contributed by atoms with Crippen molar-refractivity contribution in [3.05, 3.63) is 128 Å². The zero-order chi connectivity index (χ0) is 25.5. The minimum atomic E-state index is 0.931. The molecule has 39 heavy (non-hydrogen) atoms. The van der Waals surface area contributed by atoms with Crippen LogP contribution in [0.1, 0.15) is 0 Å². The van der Waals surface area contributed by atoms with Crippen LogP contribution in [0.4, 0.5) is 0 Å². The van der Waals surface area contributed by atoms with E-state index in [0.717, 1.165) is 5.82 Å². The van der Waals surface area contributed by atoms with E-state index in [0.29, 0.717) is 0 Å². The number of aromatic nitrogens is 3. The van der Waals surface area contributed by atoms with Gasteiger partial charge in [0.05, 0.1) is 26.8 Å². The molecule has 4 heteroatoms. The van der Waals surface area contributed by atoms with Crippen molar-refractivity contribution in [2.45, 2.75) is 0 Å². The lowest BCUT2D eigenvalue weighted by atomic mass is 10.0. The van der Waals surface area contributed by atoms with Crippen molar-refractivity contribution in [2.75, 3.05) is 0 Å². The molecule has 0 atom stereocenters. The van der Waals surface area contributed by atoms with Gasteiger partial charge in [-0.2, -0.15) is 0 Å². The first kappa shape index (κ1) is 21.1. The van der Waals surface area contributed by atoms with Gasteiger partial charge in [0.25, 0.3) is 0 Å². The predicted octanol–water partition coefficient (Wildman–Crippen LogP) is 9.64. The van der Waals surface area contributed by atoms with Gasteiger partial charge in [0.2, 0.25) is 0 Å². The molecule has 182 valence electrons. The minimum Gasteiger partial charge on any atom is -0.308 e. The van der Waals surface area contributed by atoms with Gasteiger partial charge in [-0.05, 0) is 42.5 Å². The van der Waals surface area contributed by atoms with Crippen LogP contribution in [0, 0.1) is 0 Å². The van der Waals surface area contributed by atoms with Crippen molar-refractivity contribution in [1.29, 1.82) is 0 Å². The lowest BCUT2D eigenvalue weighted by Crippen LogP contribution is -1.97. The van der Waals surface area contributed by atoms with Crippen LogP contribution in [0.5, 0.6) is 0 Å². The van der Waals surface area contributed by atoms with Crippen LogP contribution in [0.15, 0.2) is 128 Å². The van der Waals surface area contributed by atoms with E-state index in [2.05, 4.69) is 124 Å². The highest BCUT2D eigenvalue weighted by Crippen LogP contribution is 2.50. The molecule has 0 aliphatic heterocycles. The molecule has 5 aromatic carbocycles. The number of para-hydroxylation sites is 3. The summed E-state index contributed by atoms with van der Waals surface area (Å²) in [6.07, 6.45) is 1.89. The Kier molecular flexibility index (Phi) is 4.21. The molecule has 4 aromatic heterocycles. The van der Waals surface area contributed by atoms with Gasteiger partial charge in [-0.3, -0.25) is 4.57 Å². The lowest BCUT2D eigenvalue weighted by molar-refractivity contribution is 1.08. The van der Waals surface area contributed by atoms with Crippen LogP contribution >= 0.6 is 11.3 Å². The van der Waals surface area contributed by atoms with Crippen LogP contribution in [0.2, 0.25) is 0 Å². The summed E-state index contributed by atoms with van der Waals surface area (Å²) < 4.78 is 7.46. The number of pyridine rings is 1. The Labute approximate surface area is 227 Å². The third kappa shape index (κ3) is 2.73. The molecule has 4 heterocycles. The summed E-state index contributed by atoms with van der Waals surface area (Å²) in [7, 11) is 0. The first-order valence-electron chi connectivity index (χ1n) is 13.2. The summed E-state index contributed by atoms with van der Waals surface area (Å²) in [6, 6.07) is 43.4. The fraction of sp³-hybridized carbons (Fsp3) is 0. The summed E-state index contributed by atoms with van der Waals surface area (Å²) in [5, 5.41) is 7.70. The second-order valence-electron chi connectivity index (χ2n) is 9.98.